The lowest BCUT2D eigenvalue weighted by molar-refractivity contribution is 0.0950. The molecule has 35 heavy (non-hydrogen) atoms. The number of benzene rings is 3. The van der Waals surface area contributed by atoms with Crippen LogP contribution in [0.2, 0.25) is 0 Å². The van der Waals surface area contributed by atoms with Gasteiger partial charge in [-0.2, -0.15) is 5.10 Å². The van der Waals surface area contributed by atoms with Crippen LogP contribution in [-0.2, 0) is 23.1 Å². The lowest BCUT2D eigenvalue weighted by Crippen LogP contribution is -2.23. The highest BCUT2D eigenvalue weighted by Gasteiger charge is 2.20. The van der Waals surface area contributed by atoms with Gasteiger partial charge in [0.1, 0.15) is 5.75 Å². The molecular weight excluding hydrogens is 464 g/mol. The quantitative estimate of drug-likeness (QED) is 0.370. The zero-order valence-electron chi connectivity index (χ0n) is 19.4. The first-order valence-electron chi connectivity index (χ1n) is 11.0. The van der Waals surface area contributed by atoms with Crippen LogP contribution in [0.4, 0.5) is 5.69 Å². The Bertz CT molecular complexity index is 1420. The molecule has 1 aromatic heterocycles. The average Bonchev–Trinajstić information content (AvgIpc) is 3.37. The molecule has 0 atom stereocenters. The normalized spacial score (nSPS) is 11.1. The number of hydrogen-bond acceptors (Lipinski definition) is 5. The van der Waals surface area contributed by atoms with Crippen LogP contribution in [0.1, 0.15) is 27.0 Å². The van der Waals surface area contributed by atoms with Crippen LogP contribution < -0.4 is 14.8 Å². The number of rotatable bonds is 9. The number of nitrogens with zero attached hydrogens (tertiary/aromatic N) is 2. The Labute approximate surface area is 204 Å². The number of methoxy groups -OCH3 is 1. The molecule has 0 fully saturated rings. The molecule has 4 rings (SSSR count). The van der Waals surface area contributed by atoms with Crippen molar-refractivity contribution in [2.45, 2.75) is 24.9 Å². The van der Waals surface area contributed by atoms with E-state index in [1.807, 2.05) is 41.2 Å². The summed E-state index contributed by atoms with van der Waals surface area (Å²) < 4.78 is 35.8. The summed E-state index contributed by atoms with van der Waals surface area (Å²) in [6, 6.07) is 21.1. The van der Waals surface area contributed by atoms with Crippen molar-refractivity contribution >= 4 is 21.6 Å². The molecule has 0 aliphatic rings. The van der Waals surface area contributed by atoms with E-state index in [4.69, 9.17) is 4.74 Å². The van der Waals surface area contributed by atoms with E-state index < -0.39 is 10.0 Å². The van der Waals surface area contributed by atoms with Crippen molar-refractivity contribution in [3.05, 3.63) is 107 Å². The number of nitrogens with one attached hydrogen (secondary N) is 2. The summed E-state index contributed by atoms with van der Waals surface area (Å²) in [4.78, 5) is 12.8. The second kappa shape index (κ2) is 10.4. The van der Waals surface area contributed by atoms with Crippen molar-refractivity contribution in [2.75, 3.05) is 11.8 Å². The van der Waals surface area contributed by atoms with Gasteiger partial charge in [0.05, 0.1) is 24.2 Å². The molecule has 0 saturated carbocycles. The Balaban J connectivity index is 1.44. The Morgan fingerprint density at radius 2 is 1.74 bits per heavy atom. The minimum absolute atomic E-state index is 0.0269. The molecule has 2 N–H and O–H groups in total. The van der Waals surface area contributed by atoms with Gasteiger partial charge in [0.25, 0.3) is 15.9 Å². The third-order valence-corrected chi connectivity index (χ3v) is 6.98. The molecule has 1 amide bonds. The molecule has 3 aromatic carbocycles. The van der Waals surface area contributed by atoms with Crippen molar-refractivity contribution in [1.29, 1.82) is 0 Å². The van der Waals surface area contributed by atoms with Crippen LogP contribution in [0, 0.1) is 6.92 Å². The summed E-state index contributed by atoms with van der Waals surface area (Å²) >= 11 is 0. The SMILES string of the molecule is COc1ccccc1NS(=O)(=O)c1cc(C(=O)NCc2ccc(Cn3cccn3)cc2)ccc1C. The number of carbonyl (C=O) groups is 1. The number of aromatic nitrogens is 2. The maximum absolute atomic E-state index is 13.1. The molecule has 180 valence electrons. The highest BCUT2D eigenvalue weighted by Crippen LogP contribution is 2.27. The Morgan fingerprint density at radius 1 is 1.00 bits per heavy atom. The van der Waals surface area contributed by atoms with E-state index >= 15 is 0 Å². The summed E-state index contributed by atoms with van der Waals surface area (Å²) in [5, 5.41) is 7.05. The number of aryl methyl sites for hydroxylation is 1. The topological polar surface area (TPSA) is 102 Å². The number of carbonyl (C=O) groups excluding carboxylic acids is 1. The second-order valence-corrected chi connectivity index (χ2v) is 9.64. The van der Waals surface area contributed by atoms with Crippen LogP contribution >= 0.6 is 0 Å². The minimum Gasteiger partial charge on any atom is -0.495 e. The molecule has 0 radical (unpaired) electrons. The number of anilines is 1. The van der Waals surface area contributed by atoms with Gasteiger partial charge in [0.15, 0.2) is 0 Å². The van der Waals surface area contributed by atoms with E-state index in [-0.39, 0.29) is 16.4 Å². The van der Waals surface area contributed by atoms with Crippen molar-refractivity contribution in [3.8, 4) is 5.75 Å². The van der Waals surface area contributed by atoms with Crippen LogP contribution in [-0.4, -0.2) is 31.2 Å². The largest absolute Gasteiger partial charge is 0.495 e. The maximum Gasteiger partial charge on any atom is 0.262 e. The summed E-state index contributed by atoms with van der Waals surface area (Å²) in [6.07, 6.45) is 3.64. The molecule has 8 nitrogen and oxygen atoms in total. The Morgan fingerprint density at radius 3 is 2.46 bits per heavy atom. The van der Waals surface area contributed by atoms with Crippen LogP contribution in [0.15, 0.2) is 90.1 Å². The fraction of sp³-hybridized carbons (Fsp3) is 0.154. The first kappa shape index (κ1) is 24.0. The van der Waals surface area contributed by atoms with Gasteiger partial charge in [-0.3, -0.25) is 14.2 Å². The van der Waals surface area contributed by atoms with Gasteiger partial charge in [-0.15, -0.1) is 0 Å². The summed E-state index contributed by atoms with van der Waals surface area (Å²) in [5.74, 6) is 0.0395. The summed E-state index contributed by atoms with van der Waals surface area (Å²) in [5.41, 5.74) is 3.13. The number of hydrogen-bond donors (Lipinski definition) is 2. The number of amides is 1. The summed E-state index contributed by atoms with van der Waals surface area (Å²) in [6.45, 7) is 2.67. The van der Waals surface area contributed by atoms with Crippen molar-refractivity contribution in [1.82, 2.24) is 15.1 Å². The first-order chi connectivity index (χ1) is 16.9. The molecule has 1 heterocycles. The monoisotopic (exact) mass is 490 g/mol. The predicted octanol–water partition coefficient (Wildman–Crippen LogP) is 3.98. The van der Waals surface area contributed by atoms with Gasteiger partial charge in [-0.1, -0.05) is 42.5 Å². The van der Waals surface area contributed by atoms with E-state index in [1.165, 1.54) is 13.2 Å². The molecule has 9 heteroatoms. The van der Waals surface area contributed by atoms with Gasteiger partial charge < -0.3 is 10.1 Å². The highest BCUT2D eigenvalue weighted by molar-refractivity contribution is 7.92. The molecule has 0 unspecified atom stereocenters. The van der Waals surface area contributed by atoms with Crippen LogP contribution in [0.3, 0.4) is 0 Å². The highest BCUT2D eigenvalue weighted by atomic mass is 32.2. The zero-order valence-corrected chi connectivity index (χ0v) is 20.2. The smallest absolute Gasteiger partial charge is 0.262 e. The molecule has 0 aliphatic heterocycles. The van der Waals surface area contributed by atoms with Gasteiger partial charge in [-0.25, -0.2) is 8.42 Å². The van der Waals surface area contributed by atoms with Crippen LogP contribution in [0.25, 0.3) is 0 Å². The Kier molecular flexibility index (Phi) is 7.17. The van der Waals surface area contributed by atoms with Crippen LogP contribution in [0.5, 0.6) is 5.75 Å². The fourth-order valence-corrected chi connectivity index (χ4v) is 4.93. The van der Waals surface area contributed by atoms with E-state index in [2.05, 4.69) is 15.1 Å². The van der Waals surface area contributed by atoms with E-state index in [0.29, 0.717) is 30.1 Å². The number of sulfonamides is 1. The molecule has 0 bridgehead atoms. The van der Waals surface area contributed by atoms with Crippen molar-refractivity contribution < 1.29 is 17.9 Å². The van der Waals surface area contributed by atoms with Gasteiger partial charge in [0.2, 0.25) is 0 Å². The zero-order chi connectivity index (χ0) is 24.8. The fourth-order valence-electron chi connectivity index (χ4n) is 3.59. The van der Waals surface area contributed by atoms with E-state index in [9.17, 15) is 13.2 Å². The first-order valence-corrected chi connectivity index (χ1v) is 12.4. The van der Waals surface area contributed by atoms with E-state index in [0.717, 1.165) is 11.1 Å². The third-order valence-electron chi connectivity index (χ3n) is 5.47. The molecule has 4 aromatic rings. The average molecular weight is 491 g/mol. The second-order valence-electron chi connectivity index (χ2n) is 7.99. The summed E-state index contributed by atoms with van der Waals surface area (Å²) in [7, 11) is -2.47. The van der Waals surface area contributed by atoms with Crippen molar-refractivity contribution in [3.63, 3.8) is 0 Å². The molecule has 0 saturated heterocycles. The van der Waals surface area contributed by atoms with E-state index in [1.54, 1.807) is 49.5 Å². The van der Waals surface area contributed by atoms with Gasteiger partial charge in [0, 0.05) is 24.5 Å². The number of para-hydroxylation sites is 2. The standard InChI is InChI=1S/C26H26N4O4S/c1-19-8-13-22(16-25(19)35(32,33)29-23-6-3-4-7-24(23)34-2)26(31)27-17-20-9-11-21(12-10-20)18-30-15-5-14-28-30/h3-16,29H,17-18H2,1-2H3,(H,27,31). The van der Waals surface area contributed by atoms with Gasteiger partial charge >= 0.3 is 0 Å². The predicted molar refractivity (Wildman–Crippen MR) is 134 cm³/mol. The Hall–Kier alpha value is -4.11. The maximum atomic E-state index is 13.1. The minimum atomic E-state index is -3.94. The lowest BCUT2D eigenvalue weighted by atomic mass is 10.1. The molecule has 0 aliphatic carbocycles. The molecule has 0 spiro atoms. The van der Waals surface area contributed by atoms with Gasteiger partial charge in [-0.05, 0) is 53.9 Å². The number of ether oxygens (including phenoxy) is 1. The van der Waals surface area contributed by atoms with Crippen molar-refractivity contribution in [2.24, 2.45) is 0 Å². The molecular formula is C26H26N4O4S. The third kappa shape index (κ3) is 5.88. The lowest BCUT2D eigenvalue weighted by Gasteiger charge is -2.14.